The molecule has 1 unspecified atom stereocenters. The van der Waals surface area contributed by atoms with Crippen LogP contribution in [0.2, 0.25) is 0 Å². The standard InChI is InChI=1S/C20H25N5O2/c1-4-15(25-16-9-7-6-8-14(16)21-17(25)5-2)20(26)24(3)12-18-22-19(23-27-18)13-10-11-13/h6-9,13,15H,4-5,10-12H2,1-3H3. The van der Waals surface area contributed by atoms with Gasteiger partial charge in [-0.05, 0) is 31.4 Å². The van der Waals surface area contributed by atoms with Crippen molar-refractivity contribution in [2.24, 2.45) is 0 Å². The van der Waals surface area contributed by atoms with Gasteiger partial charge in [0.2, 0.25) is 11.8 Å². The molecule has 2 heterocycles. The highest BCUT2D eigenvalue weighted by Crippen LogP contribution is 2.38. The summed E-state index contributed by atoms with van der Waals surface area (Å²) in [5.74, 6) is 2.66. The summed E-state index contributed by atoms with van der Waals surface area (Å²) in [5, 5.41) is 4.03. The molecule has 7 heteroatoms. The minimum absolute atomic E-state index is 0.0292. The maximum atomic E-state index is 13.2. The van der Waals surface area contributed by atoms with Gasteiger partial charge in [0.15, 0.2) is 5.82 Å². The molecule has 1 saturated carbocycles. The fourth-order valence-corrected chi connectivity index (χ4v) is 3.53. The lowest BCUT2D eigenvalue weighted by Crippen LogP contribution is -2.34. The highest BCUT2D eigenvalue weighted by Gasteiger charge is 2.30. The van der Waals surface area contributed by atoms with Gasteiger partial charge in [-0.1, -0.05) is 31.1 Å². The Morgan fingerprint density at radius 3 is 2.78 bits per heavy atom. The minimum atomic E-state index is -0.303. The fraction of sp³-hybridized carbons (Fsp3) is 0.500. The maximum absolute atomic E-state index is 13.2. The molecule has 1 aromatic carbocycles. The summed E-state index contributed by atoms with van der Waals surface area (Å²) >= 11 is 0. The van der Waals surface area contributed by atoms with Crippen LogP contribution in [0.15, 0.2) is 28.8 Å². The molecule has 1 aliphatic rings. The van der Waals surface area contributed by atoms with Gasteiger partial charge in [0.25, 0.3) is 0 Å². The third-order valence-corrected chi connectivity index (χ3v) is 5.14. The molecule has 0 saturated heterocycles. The van der Waals surface area contributed by atoms with E-state index in [1.807, 2.05) is 31.2 Å². The molecule has 1 fully saturated rings. The summed E-state index contributed by atoms with van der Waals surface area (Å²) in [6.07, 6.45) is 3.71. The van der Waals surface area contributed by atoms with Crippen LogP contribution in [0.3, 0.4) is 0 Å². The molecule has 0 aliphatic heterocycles. The zero-order valence-electron chi connectivity index (χ0n) is 16.1. The number of fused-ring (bicyclic) bond motifs is 1. The lowest BCUT2D eigenvalue weighted by molar-refractivity contribution is -0.134. The van der Waals surface area contributed by atoms with Gasteiger partial charge in [0.1, 0.15) is 11.9 Å². The van der Waals surface area contributed by atoms with Crippen LogP contribution in [0.5, 0.6) is 0 Å². The van der Waals surface area contributed by atoms with Gasteiger partial charge in [-0.3, -0.25) is 4.79 Å². The molecule has 0 radical (unpaired) electrons. The van der Waals surface area contributed by atoms with E-state index in [0.29, 0.717) is 24.8 Å². The lowest BCUT2D eigenvalue weighted by atomic mass is 10.1. The number of para-hydroxylation sites is 2. The summed E-state index contributed by atoms with van der Waals surface area (Å²) in [6.45, 7) is 4.42. The number of imidazole rings is 1. The van der Waals surface area contributed by atoms with Gasteiger partial charge >= 0.3 is 0 Å². The number of carbonyl (C=O) groups excluding carboxylic acids is 1. The van der Waals surface area contributed by atoms with Crippen LogP contribution in [0.1, 0.15) is 62.6 Å². The van der Waals surface area contributed by atoms with Gasteiger partial charge in [-0.25, -0.2) is 4.98 Å². The average molecular weight is 367 g/mol. The molecule has 27 heavy (non-hydrogen) atoms. The molecule has 1 aliphatic carbocycles. The molecular weight excluding hydrogens is 342 g/mol. The van der Waals surface area contributed by atoms with Crippen LogP contribution in [0.25, 0.3) is 11.0 Å². The summed E-state index contributed by atoms with van der Waals surface area (Å²) in [6, 6.07) is 7.67. The van der Waals surface area contributed by atoms with E-state index in [1.165, 1.54) is 0 Å². The van der Waals surface area contributed by atoms with Crippen molar-refractivity contribution in [2.75, 3.05) is 7.05 Å². The zero-order chi connectivity index (χ0) is 19.0. The van der Waals surface area contributed by atoms with Gasteiger partial charge in [-0.2, -0.15) is 4.98 Å². The highest BCUT2D eigenvalue weighted by atomic mass is 16.5. The molecule has 2 aromatic heterocycles. The third kappa shape index (κ3) is 3.34. The van der Waals surface area contributed by atoms with Crippen molar-refractivity contribution in [1.82, 2.24) is 24.6 Å². The van der Waals surface area contributed by atoms with E-state index >= 15 is 0 Å². The number of amides is 1. The van der Waals surface area contributed by atoms with E-state index in [9.17, 15) is 4.79 Å². The lowest BCUT2D eigenvalue weighted by Gasteiger charge is -2.24. The van der Waals surface area contributed by atoms with E-state index in [-0.39, 0.29) is 11.9 Å². The summed E-state index contributed by atoms with van der Waals surface area (Å²) in [7, 11) is 1.79. The van der Waals surface area contributed by atoms with Crippen molar-refractivity contribution in [3.8, 4) is 0 Å². The number of hydrogen-bond donors (Lipinski definition) is 0. The highest BCUT2D eigenvalue weighted by molar-refractivity contribution is 5.84. The molecule has 4 rings (SSSR count). The maximum Gasteiger partial charge on any atom is 0.246 e. The Morgan fingerprint density at radius 2 is 2.07 bits per heavy atom. The second-order valence-electron chi connectivity index (χ2n) is 7.18. The minimum Gasteiger partial charge on any atom is -0.337 e. The van der Waals surface area contributed by atoms with E-state index in [4.69, 9.17) is 9.51 Å². The zero-order valence-corrected chi connectivity index (χ0v) is 16.1. The van der Waals surface area contributed by atoms with Gasteiger partial charge in [0.05, 0.1) is 17.6 Å². The number of nitrogens with zero attached hydrogens (tertiary/aromatic N) is 5. The number of likely N-dealkylation sites (N-methyl/N-ethyl adjacent to an activating group) is 1. The SMILES string of the molecule is CCc1nc2ccccc2n1C(CC)C(=O)N(C)Cc1nc(C2CC2)no1. The Kier molecular flexibility index (Phi) is 4.68. The van der Waals surface area contributed by atoms with Gasteiger partial charge in [-0.15, -0.1) is 0 Å². The number of benzene rings is 1. The van der Waals surface area contributed by atoms with E-state index in [1.54, 1.807) is 11.9 Å². The second kappa shape index (κ2) is 7.13. The van der Waals surface area contributed by atoms with Crippen LogP contribution in [0.4, 0.5) is 0 Å². The molecule has 3 aromatic rings. The van der Waals surface area contributed by atoms with Crippen molar-refractivity contribution < 1.29 is 9.32 Å². The van der Waals surface area contributed by atoms with Crippen molar-refractivity contribution >= 4 is 16.9 Å². The number of rotatable bonds is 7. The number of hydrogen-bond acceptors (Lipinski definition) is 5. The quantitative estimate of drug-likeness (QED) is 0.639. The van der Waals surface area contributed by atoms with Gasteiger partial charge in [0, 0.05) is 19.4 Å². The van der Waals surface area contributed by atoms with Crippen molar-refractivity contribution in [3.63, 3.8) is 0 Å². The molecule has 142 valence electrons. The molecule has 0 N–H and O–H groups in total. The predicted molar refractivity (Wildman–Crippen MR) is 101 cm³/mol. The van der Waals surface area contributed by atoms with E-state index < -0.39 is 0 Å². The fourth-order valence-electron chi connectivity index (χ4n) is 3.53. The van der Waals surface area contributed by atoms with E-state index in [0.717, 1.165) is 41.9 Å². The van der Waals surface area contributed by atoms with Crippen LogP contribution in [0, 0.1) is 0 Å². The first-order chi connectivity index (χ1) is 13.1. The monoisotopic (exact) mass is 367 g/mol. The Hall–Kier alpha value is -2.70. The smallest absolute Gasteiger partial charge is 0.246 e. The van der Waals surface area contributed by atoms with Crippen LogP contribution < -0.4 is 0 Å². The molecule has 1 atom stereocenters. The van der Waals surface area contributed by atoms with Crippen molar-refractivity contribution in [1.29, 1.82) is 0 Å². The molecule has 0 bridgehead atoms. The molecular formula is C20H25N5O2. The molecule has 7 nitrogen and oxygen atoms in total. The Bertz CT molecular complexity index is 956. The third-order valence-electron chi connectivity index (χ3n) is 5.14. The van der Waals surface area contributed by atoms with Crippen molar-refractivity contribution in [3.05, 3.63) is 41.8 Å². The first-order valence-corrected chi connectivity index (χ1v) is 9.65. The number of aromatic nitrogens is 4. The largest absolute Gasteiger partial charge is 0.337 e. The van der Waals surface area contributed by atoms with Crippen LogP contribution in [-0.2, 0) is 17.8 Å². The topological polar surface area (TPSA) is 77.1 Å². The number of carbonyl (C=O) groups is 1. The predicted octanol–water partition coefficient (Wildman–Crippen LogP) is 3.47. The number of aryl methyl sites for hydroxylation is 1. The second-order valence-corrected chi connectivity index (χ2v) is 7.18. The first kappa shape index (κ1) is 17.7. The van der Waals surface area contributed by atoms with Crippen LogP contribution >= 0.6 is 0 Å². The van der Waals surface area contributed by atoms with Crippen molar-refractivity contribution in [2.45, 2.75) is 58.0 Å². The first-order valence-electron chi connectivity index (χ1n) is 9.65. The normalized spacial score (nSPS) is 15.2. The molecule has 0 spiro atoms. The molecule has 1 amide bonds. The average Bonchev–Trinajstić information content (AvgIpc) is 3.32. The van der Waals surface area contributed by atoms with Gasteiger partial charge < -0.3 is 14.0 Å². The Balaban J connectivity index is 1.58. The Morgan fingerprint density at radius 1 is 1.30 bits per heavy atom. The van der Waals surface area contributed by atoms with E-state index in [2.05, 4.69) is 21.6 Å². The summed E-state index contributed by atoms with van der Waals surface area (Å²) in [4.78, 5) is 24.0. The summed E-state index contributed by atoms with van der Waals surface area (Å²) in [5.41, 5.74) is 1.92. The summed E-state index contributed by atoms with van der Waals surface area (Å²) < 4.78 is 7.41. The van der Waals surface area contributed by atoms with Crippen LogP contribution in [-0.4, -0.2) is 37.5 Å². The Labute approximate surface area is 158 Å².